The molecule has 2 fully saturated rings. The fourth-order valence-corrected chi connectivity index (χ4v) is 6.79. The van der Waals surface area contributed by atoms with Crippen molar-refractivity contribution in [3.63, 3.8) is 0 Å². The second-order valence-electron chi connectivity index (χ2n) is 11.0. The first-order valence-electron chi connectivity index (χ1n) is 13.3. The number of allylic oxidation sites excluding steroid dienone is 1. The molecular formula is C30H35N3O2. The van der Waals surface area contributed by atoms with Gasteiger partial charge in [-0.25, -0.2) is 0 Å². The Morgan fingerprint density at radius 1 is 0.971 bits per heavy atom. The molecule has 0 radical (unpaired) electrons. The minimum Gasteiger partial charge on any atom is -0.329 e. The first-order valence-corrected chi connectivity index (χ1v) is 13.3. The van der Waals surface area contributed by atoms with E-state index in [0.717, 1.165) is 42.5 Å². The lowest BCUT2D eigenvalue weighted by atomic mass is 9.80. The van der Waals surface area contributed by atoms with E-state index in [1.807, 2.05) is 6.07 Å². The van der Waals surface area contributed by atoms with Gasteiger partial charge in [0.25, 0.3) is 5.91 Å². The number of carbonyl (C=O) groups excluding carboxylic acids is 2. The lowest BCUT2D eigenvalue weighted by Crippen LogP contribution is -2.49. The number of nitrogens with one attached hydrogen (secondary N) is 2. The van der Waals surface area contributed by atoms with Gasteiger partial charge in [0.1, 0.15) is 6.04 Å². The van der Waals surface area contributed by atoms with Crippen LogP contribution in [0.4, 0.5) is 0 Å². The Hall–Kier alpha value is -2.92. The molecular weight excluding hydrogens is 434 g/mol. The third-order valence-corrected chi connectivity index (χ3v) is 8.61. The molecule has 4 aliphatic rings. The van der Waals surface area contributed by atoms with Crippen molar-refractivity contribution in [2.24, 2.45) is 5.92 Å². The van der Waals surface area contributed by atoms with E-state index in [0.29, 0.717) is 31.0 Å². The molecule has 2 aromatic carbocycles. The van der Waals surface area contributed by atoms with Gasteiger partial charge >= 0.3 is 0 Å². The summed E-state index contributed by atoms with van der Waals surface area (Å²) < 4.78 is 0. The zero-order chi connectivity index (χ0) is 23.9. The maximum absolute atomic E-state index is 13.1. The van der Waals surface area contributed by atoms with Crippen molar-refractivity contribution >= 4 is 11.8 Å². The highest BCUT2D eigenvalue weighted by Crippen LogP contribution is 2.33. The molecule has 2 aromatic rings. The second-order valence-corrected chi connectivity index (χ2v) is 11.0. The monoisotopic (exact) mass is 469 g/mol. The van der Waals surface area contributed by atoms with Gasteiger partial charge in [-0.15, -0.1) is 0 Å². The number of rotatable bonds is 5. The third kappa shape index (κ3) is 4.42. The molecule has 182 valence electrons. The molecule has 2 aliphatic heterocycles. The average molecular weight is 470 g/mol. The number of fused-ring (bicyclic) bond motifs is 2. The molecule has 6 rings (SSSR count). The Balaban J connectivity index is 1.13. The molecule has 2 amide bonds. The van der Waals surface area contributed by atoms with Gasteiger partial charge in [0.15, 0.2) is 0 Å². The van der Waals surface area contributed by atoms with Crippen molar-refractivity contribution < 1.29 is 9.59 Å². The fourth-order valence-electron chi connectivity index (χ4n) is 6.79. The second kappa shape index (κ2) is 9.27. The SMILES string of the molecule is C=C1CCC(N2Cc3cc(C[C@H]4CCCC[C@@H]4NC4Cc5ccccc5C4)ccc3C2=O)C(=O)N1. The van der Waals surface area contributed by atoms with Crippen LogP contribution in [0.2, 0.25) is 0 Å². The number of hydrogen-bond acceptors (Lipinski definition) is 3. The van der Waals surface area contributed by atoms with Gasteiger partial charge in [-0.3, -0.25) is 9.59 Å². The van der Waals surface area contributed by atoms with Gasteiger partial charge in [-0.05, 0) is 79.2 Å². The molecule has 5 heteroatoms. The van der Waals surface area contributed by atoms with Gasteiger partial charge in [-0.2, -0.15) is 0 Å². The van der Waals surface area contributed by atoms with Crippen molar-refractivity contribution in [1.29, 1.82) is 0 Å². The molecule has 2 heterocycles. The molecule has 5 nitrogen and oxygen atoms in total. The maximum atomic E-state index is 13.1. The van der Waals surface area contributed by atoms with E-state index in [-0.39, 0.29) is 11.8 Å². The summed E-state index contributed by atoms with van der Waals surface area (Å²) in [6.45, 7) is 4.39. The van der Waals surface area contributed by atoms with Crippen LogP contribution in [0.1, 0.15) is 71.1 Å². The van der Waals surface area contributed by atoms with Gasteiger partial charge in [0, 0.05) is 29.9 Å². The van der Waals surface area contributed by atoms with Gasteiger partial charge in [0.2, 0.25) is 5.91 Å². The van der Waals surface area contributed by atoms with Crippen LogP contribution in [-0.2, 0) is 30.6 Å². The van der Waals surface area contributed by atoms with Crippen LogP contribution in [0.15, 0.2) is 54.7 Å². The lowest BCUT2D eigenvalue weighted by molar-refractivity contribution is -0.126. The first-order chi connectivity index (χ1) is 17.0. The highest BCUT2D eigenvalue weighted by Gasteiger charge is 2.38. The van der Waals surface area contributed by atoms with Crippen molar-refractivity contribution in [3.8, 4) is 0 Å². The van der Waals surface area contributed by atoms with Crippen LogP contribution in [-0.4, -0.2) is 34.8 Å². The normalized spacial score (nSPS) is 26.6. The number of hydrogen-bond donors (Lipinski definition) is 2. The Morgan fingerprint density at radius 3 is 2.51 bits per heavy atom. The zero-order valence-corrected chi connectivity index (χ0v) is 20.4. The standard InChI is InChI=1S/C30H35N3O2/c1-19-10-13-28(29(34)31-19)33-18-24-15-20(11-12-26(24)30(33)35)14-23-8-4-5-9-27(23)32-25-16-21-6-2-3-7-22(21)17-25/h2-3,6-7,11-12,15,23,25,27-28,32H,1,4-5,8-10,13-14,16-18H2,(H,31,34)/t23-,27+,28?/m1/s1. The molecule has 1 unspecified atom stereocenters. The van der Waals surface area contributed by atoms with Crippen LogP contribution < -0.4 is 10.6 Å². The number of carbonyl (C=O) groups is 2. The topological polar surface area (TPSA) is 61.4 Å². The summed E-state index contributed by atoms with van der Waals surface area (Å²) in [5.74, 6) is 0.499. The molecule has 2 aliphatic carbocycles. The lowest BCUT2D eigenvalue weighted by Gasteiger charge is -2.34. The zero-order valence-electron chi connectivity index (χ0n) is 20.4. The summed E-state index contributed by atoms with van der Waals surface area (Å²) in [5, 5.41) is 6.86. The molecule has 35 heavy (non-hydrogen) atoms. The largest absolute Gasteiger partial charge is 0.329 e. The highest BCUT2D eigenvalue weighted by molar-refractivity contribution is 6.01. The van der Waals surface area contributed by atoms with Crippen molar-refractivity contribution in [2.45, 2.75) is 82.5 Å². The minimum absolute atomic E-state index is 0.0165. The maximum Gasteiger partial charge on any atom is 0.255 e. The average Bonchev–Trinajstić information content (AvgIpc) is 3.40. The predicted octanol–water partition coefficient (Wildman–Crippen LogP) is 4.29. The molecule has 2 N–H and O–H groups in total. The smallest absolute Gasteiger partial charge is 0.255 e. The number of piperidine rings is 1. The Kier molecular flexibility index (Phi) is 5.97. The van der Waals surface area contributed by atoms with Gasteiger partial charge < -0.3 is 15.5 Å². The van der Waals surface area contributed by atoms with E-state index in [2.05, 4.69) is 53.6 Å². The van der Waals surface area contributed by atoms with Crippen LogP contribution in [0.3, 0.4) is 0 Å². The first kappa shape index (κ1) is 22.5. The van der Waals surface area contributed by atoms with E-state index in [9.17, 15) is 9.59 Å². The highest BCUT2D eigenvalue weighted by atomic mass is 16.2. The molecule has 1 saturated carbocycles. The van der Waals surface area contributed by atoms with E-state index >= 15 is 0 Å². The minimum atomic E-state index is -0.397. The van der Waals surface area contributed by atoms with Crippen LogP contribution in [0.5, 0.6) is 0 Å². The van der Waals surface area contributed by atoms with Crippen molar-refractivity contribution in [1.82, 2.24) is 15.5 Å². The predicted molar refractivity (Wildman–Crippen MR) is 137 cm³/mol. The quantitative estimate of drug-likeness (QED) is 0.687. The number of benzene rings is 2. The summed E-state index contributed by atoms with van der Waals surface area (Å²) in [6.07, 6.45) is 9.80. The fraction of sp³-hybridized carbons (Fsp3) is 0.467. The Bertz CT molecular complexity index is 1150. The van der Waals surface area contributed by atoms with Crippen LogP contribution in [0.25, 0.3) is 0 Å². The number of nitrogens with zero attached hydrogens (tertiary/aromatic N) is 1. The van der Waals surface area contributed by atoms with Crippen LogP contribution in [0, 0.1) is 5.92 Å². The van der Waals surface area contributed by atoms with E-state index in [4.69, 9.17) is 0 Å². The van der Waals surface area contributed by atoms with Crippen LogP contribution >= 0.6 is 0 Å². The summed E-state index contributed by atoms with van der Waals surface area (Å²) in [5.41, 5.74) is 6.88. The van der Waals surface area contributed by atoms with E-state index < -0.39 is 6.04 Å². The molecule has 1 saturated heterocycles. The number of amides is 2. The van der Waals surface area contributed by atoms with E-state index in [1.54, 1.807) is 4.90 Å². The third-order valence-electron chi connectivity index (χ3n) is 8.61. The molecule has 0 bridgehead atoms. The summed E-state index contributed by atoms with van der Waals surface area (Å²) in [6, 6.07) is 15.9. The molecule has 3 atom stereocenters. The molecule has 0 spiro atoms. The Labute approximate surface area is 208 Å². The molecule has 0 aromatic heterocycles. The summed E-state index contributed by atoms with van der Waals surface area (Å²) in [4.78, 5) is 27.3. The van der Waals surface area contributed by atoms with Gasteiger partial charge in [0.05, 0.1) is 0 Å². The van der Waals surface area contributed by atoms with E-state index in [1.165, 1.54) is 42.4 Å². The Morgan fingerprint density at radius 2 is 1.74 bits per heavy atom. The van der Waals surface area contributed by atoms with Gasteiger partial charge in [-0.1, -0.05) is 55.8 Å². The summed E-state index contributed by atoms with van der Waals surface area (Å²) >= 11 is 0. The van der Waals surface area contributed by atoms with Crippen molar-refractivity contribution in [2.75, 3.05) is 0 Å². The van der Waals surface area contributed by atoms with Crippen molar-refractivity contribution in [3.05, 3.63) is 82.6 Å². The summed E-state index contributed by atoms with van der Waals surface area (Å²) in [7, 11) is 0.